The summed E-state index contributed by atoms with van der Waals surface area (Å²) in [5.41, 5.74) is 6.87. The number of fused-ring (bicyclic) bond motifs is 1. The van der Waals surface area contributed by atoms with Gasteiger partial charge in [-0.1, -0.05) is 11.8 Å². The highest BCUT2D eigenvalue weighted by atomic mass is 32.2. The number of phenolic OH excluding ortho intramolecular Hbond substituents is 1. The zero-order valence-electron chi connectivity index (χ0n) is 18.3. The first kappa shape index (κ1) is 21.7. The number of imidazole rings is 1. The molecule has 174 valence electrons. The standard InChI is InChI=1S/C22H20N6O5S/c1-3-33-19-9-4-6-14(23-19)22-24-21-15(28(22)20-16(29)7-5-8-17(20)32-2)12-18(25-26-21)27-34(30,31)13-10-11-13/h5,7-9,12-13,29H,3,10-11H2,1-2H3,(H,25,27). The first-order chi connectivity index (χ1) is 16.4. The molecular weight excluding hydrogens is 460 g/mol. The van der Waals surface area contributed by atoms with E-state index in [4.69, 9.17) is 9.47 Å². The second kappa shape index (κ2) is 8.35. The maximum Gasteiger partial charge on any atom is 0.236 e. The van der Waals surface area contributed by atoms with Crippen LogP contribution < -0.4 is 9.46 Å². The fraction of sp³-hybridized carbons (Fsp3) is 0.273. The molecular formula is C22H20N6O5S. The number of hydrogen-bond acceptors (Lipinski definition) is 9. The molecule has 2 N–H and O–H groups in total. The summed E-state index contributed by atoms with van der Waals surface area (Å²) in [5, 5.41) is 18.4. The van der Waals surface area contributed by atoms with E-state index in [1.807, 2.05) is 6.92 Å². The van der Waals surface area contributed by atoms with E-state index in [0.29, 0.717) is 36.6 Å². The number of nitrogens with zero attached hydrogens (tertiary/aromatic N) is 5. The summed E-state index contributed by atoms with van der Waals surface area (Å²) < 4.78 is 39.9. The van der Waals surface area contributed by atoms with Crippen LogP contribution in [0.4, 0.5) is 5.82 Å². The summed E-state index contributed by atoms with van der Waals surface area (Å²) in [5.74, 6) is 0.865. The van der Waals surface area contributed by atoms with E-state index in [2.05, 4.69) is 36.4 Å². The monoisotopic (exact) mass is 480 g/mol. The van der Waals surface area contributed by atoms with Gasteiger partial charge in [0.05, 0.1) is 30.6 Å². The van der Waals surface area contributed by atoms with Gasteiger partial charge in [-0.3, -0.25) is 9.29 Å². The minimum atomic E-state index is -3.56. The van der Waals surface area contributed by atoms with Gasteiger partial charge in [0.25, 0.3) is 0 Å². The number of para-hydroxylation sites is 1. The largest absolute Gasteiger partial charge is 0.506 e. The first-order valence-electron chi connectivity index (χ1n) is 10.5. The number of methoxy groups -OCH3 is 1. The van der Waals surface area contributed by atoms with Gasteiger partial charge in [0, 0.05) is 6.07 Å². The van der Waals surface area contributed by atoms with Crippen molar-refractivity contribution in [3.05, 3.63) is 47.6 Å². The molecule has 0 amide bonds. The van der Waals surface area contributed by atoms with E-state index in [0.717, 1.165) is 0 Å². The molecule has 12 heteroatoms. The average Bonchev–Trinajstić information content (AvgIpc) is 3.62. The summed E-state index contributed by atoms with van der Waals surface area (Å²) >= 11 is 0. The molecule has 0 bridgehead atoms. The maximum absolute atomic E-state index is 12.4. The average molecular weight is 481 g/mol. The molecule has 1 saturated carbocycles. The molecule has 1 aliphatic heterocycles. The van der Waals surface area contributed by atoms with Crippen LogP contribution in [0.3, 0.4) is 0 Å². The highest BCUT2D eigenvalue weighted by Gasteiger charge is 2.36. The van der Waals surface area contributed by atoms with Crippen molar-refractivity contribution in [2.75, 3.05) is 18.4 Å². The van der Waals surface area contributed by atoms with Gasteiger partial charge in [-0.15, -0.1) is 10.2 Å². The summed E-state index contributed by atoms with van der Waals surface area (Å²) in [4.78, 5) is 8.98. The lowest BCUT2D eigenvalue weighted by molar-refractivity contribution is 0.330. The summed E-state index contributed by atoms with van der Waals surface area (Å²) in [6.07, 6.45) is 2.76. The number of anilines is 1. The second-order valence-electron chi connectivity index (χ2n) is 7.53. The van der Waals surface area contributed by atoms with Crippen molar-refractivity contribution in [1.29, 1.82) is 0 Å². The number of benzene rings is 1. The topological polar surface area (TPSA) is 141 Å². The molecule has 0 spiro atoms. The Balaban J connectivity index is 1.75. The third-order valence-electron chi connectivity index (χ3n) is 5.16. The predicted octanol–water partition coefficient (Wildman–Crippen LogP) is 2.53. The number of aromatic nitrogens is 4. The van der Waals surface area contributed by atoms with Crippen LogP contribution in [0, 0.1) is 0 Å². The molecule has 0 unspecified atom stereocenters. The molecule has 1 aliphatic carbocycles. The molecule has 1 fully saturated rings. The lowest BCUT2D eigenvalue weighted by Crippen LogP contribution is -2.18. The summed E-state index contributed by atoms with van der Waals surface area (Å²) in [6, 6.07) is 6.31. The summed E-state index contributed by atoms with van der Waals surface area (Å²) in [7, 11) is -2.09. The number of ether oxygens (including phenoxy) is 2. The number of phenols is 1. The fourth-order valence-corrected chi connectivity index (χ4v) is 4.81. The lowest BCUT2D eigenvalue weighted by Gasteiger charge is -2.15. The van der Waals surface area contributed by atoms with Crippen LogP contribution in [0.2, 0.25) is 0 Å². The van der Waals surface area contributed by atoms with E-state index in [9.17, 15) is 13.5 Å². The minimum absolute atomic E-state index is 0.0352. The van der Waals surface area contributed by atoms with Crippen molar-refractivity contribution < 1.29 is 23.0 Å². The smallest absolute Gasteiger partial charge is 0.236 e. The van der Waals surface area contributed by atoms with Crippen molar-refractivity contribution in [1.82, 2.24) is 19.7 Å². The molecule has 1 aromatic carbocycles. The van der Waals surface area contributed by atoms with Gasteiger partial charge in [-0.2, -0.15) is 0 Å². The quantitative estimate of drug-likeness (QED) is 0.492. The van der Waals surface area contributed by atoms with Crippen LogP contribution in [0.25, 0.3) is 22.5 Å². The van der Waals surface area contributed by atoms with Gasteiger partial charge >= 0.3 is 0 Å². The molecule has 0 saturated heterocycles. The Morgan fingerprint density at radius 3 is 2.85 bits per heavy atom. The second-order valence-corrected chi connectivity index (χ2v) is 9.49. The SMILES string of the molecule is CCOC1=NC(c2nc3nnc(NS(=O)(=O)C4CC4)cc3n2-c2c(O)cccc2OC)=C=C=C1. The fourth-order valence-electron chi connectivity index (χ4n) is 3.49. The highest BCUT2D eigenvalue weighted by molar-refractivity contribution is 7.93. The highest BCUT2D eigenvalue weighted by Crippen LogP contribution is 2.37. The predicted molar refractivity (Wildman–Crippen MR) is 125 cm³/mol. The molecule has 2 aromatic heterocycles. The van der Waals surface area contributed by atoms with Crippen LogP contribution in [0.1, 0.15) is 25.6 Å². The van der Waals surface area contributed by atoms with E-state index >= 15 is 0 Å². The van der Waals surface area contributed by atoms with Crippen molar-refractivity contribution in [3.8, 4) is 17.2 Å². The van der Waals surface area contributed by atoms with Crippen molar-refractivity contribution in [2.45, 2.75) is 25.0 Å². The molecule has 5 rings (SSSR count). The van der Waals surface area contributed by atoms with Gasteiger partial charge in [0.15, 0.2) is 17.3 Å². The van der Waals surface area contributed by atoms with Gasteiger partial charge in [-0.25, -0.2) is 18.4 Å². The van der Waals surface area contributed by atoms with E-state index in [1.54, 1.807) is 22.8 Å². The van der Waals surface area contributed by atoms with Crippen LogP contribution in [-0.4, -0.2) is 58.1 Å². The Kier molecular flexibility index (Phi) is 5.33. The molecule has 0 radical (unpaired) electrons. The Hall–Kier alpha value is -4.11. The van der Waals surface area contributed by atoms with Crippen molar-refractivity contribution in [2.24, 2.45) is 4.99 Å². The third-order valence-corrected chi connectivity index (χ3v) is 7.01. The summed E-state index contributed by atoms with van der Waals surface area (Å²) in [6.45, 7) is 2.24. The Morgan fingerprint density at radius 1 is 1.29 bits per heavy atom. The van der Waals surface area contributed by atoms with Crippen LogP contribution in [0.15, 0.2) is 46.8 Å². The number of aromatic hydroxyl groups is 1. The molecule has 2 aliphatic rings. The van der Waals surface area contributed by atoms with Crippen LogP contribution in [0.5, 0.6) is 11.5 Å². The van der Waals surface area contributed by atoms with Gasteiger partial charge in [0.2, 0.25) is 21.6 Å². The minimum Gasteiger partial charge on any atom is -0.506 e. The number of sulfonamides is 1. The zero-order valence-corrected chi connectivity index (χ0v) is 19.1. The van der Waals surface area contributed by atoms with Crippen molar-refractivity contribution >= 4 is 38.6 Å². The number of nitrogens with one attached hydrogen (secondary N) is 1. The Bertz CT molecular complexity index is 1540. The molecule has 3 heterocycles. The molecule has 0 atom stereocenters. The van der Waals surface area contributed by atoms with Gasteiger partial charge in [0.1, 0.15) is 17.2 Å². The van der Waals surface area contributed by atoms with E-state index in [1.165, 1.54) is 19.2 Å². The zero-order chi connectivity index (χ0) is 23.9. The normalized spacial score (nSPS) is 15.2. The van der Waals surface area contributed by atoms with Crippen LogP contribution in [-0.2, 0) is 14.8 Å². The van der Waals surface area contributed by atoms with Gasteiger partial charge < -0.3 is 14.6 Å². The van der Waals surface area contributed by atoms with Crippen LogP contribution >= 0.6 is 0 Å². The number of aliphatic imine (C=N–C) groups is 1. The van der Waals surface area contributed by atoms with E-state index in [-0.39, 0.29) is 34.4 Å². The third kappa shape index (κ3) is 3.90. The Morgan fingerprint density at radius 2 is 2.12 bits per heavy atom. The Labute approximate surface area is 194 Å². The molecule has 3 aromatic rings. The maximum atomic E-state index is 12.4. The first-order valence-corrected chi connectivity index (χ1v) is 12.0. The van der Waals surface area contributed by atoms with Crippen molar-refractivity contribution in [3.63, 3.8) is 0 Å². The number of rotatable bonds is 7. The van der Waals surface area contributed by atoms with E-state index < -0.39 is 15.3 Å². The molecule has 34 heavy (non-hydrogen) atoms. The van der Waals surface area contributed by atoms with Gasteiger partial charge in [-0.05, 0) is 37.6 Å². The number of hydrogen-bond donors (Lipinski definition) is 2. The molecule has 11 nitrogen and oxygen atoms in total. The lowest BCUT2D eigenvalue weighted by atomic mass is 10.2.